The Kier molecular flexibility index (Phi) is 6.63. The fourth-order valence-corrected chi connectivity index (χ4v) is 1.72. The molecule has 0 spiro atoms. The molecule has 0 bridgehead atoms. The fraction of sp³-hybridized carbons (Fsp3) is 0.818. The minimum absolute atomic E-state index is 0.158. The van der Waals surface area contributed by atoms with Crippen molar-refractivity contribution in [1.82, 2.24) is 10.2 Å². The van der Waals surface area contributed by atoms with Crippen LogP contribution < -0.4 is 5.32 Å². The standard InChI is InChI=1S/C11H20N2O5/c1-17-10(14)8-9(11(15)16)12-2-3-13-4-6-18-7-5-13/h9,12H,2-8H2,1H3,(H,15,16)/t9-/m0/s1. The average molecular weight is 260 g/mol. The first kappa shape index (κ1) is 14.9. The number of carbonyl (C=O) groups is 2. The maximum Gasteiger partial charge on any atom is 0.321 e. The first-order valence-corrected chi connectivity index (χ1v) is 5.96. The van der Waals surface area contributed by atoms with Gasteiger partial charge < -0.3 is 19.9 Å². The zero-order chi connectivity index (χ0) is 13.4. The van der Waals surface area contributed by atoms with E-state index < -0.39 is 18.0 Å². The topological polar surface area (TPSA) is 88.1 Å². The number of nitrogens with one attached hydrogen (secondary N) is 1. The van der Waals surface area contributed by atoms with E-state index in [0.29, 0.717) is 19.8 Å². The monoisotopic (exact) mass is 260 g/mol. The van der Waals surface area contributed by atoms with Crippen LogP contribution in [0, 0.1) is 0 Å². The number of morpholine rings is 1. The van der Waals surface area contributed by atoms with Crippen molar-refractivity contribution in [1.29, 1.82) is 0 Å². The van der Waals surface area contributed by atoms with Gasteiger partial charge in [-0.2, -0.15) is 0 Å². The Bertz CT molecular complexity index is 279. The molecule has 104 valence electrons. The van der Waals surface area contributed by atoms with E-state index in [1.165, 1.54) is 7.11 Å². The van der Waals surface area contributed by atoms with Gasteiger partial charge in [0.05, 0.1) is 26.7 Å². The minimum Gasteiger partial charge on any atom is -0.480 e. The summed E-state index contributed by atoms with van der Waals surface area (Å²) in [5.74, 6) is -1.57. The van der Waals surface area contributed by atoms with Crippen molar-refractivity contribution in [3.63, 3.8) is 0 Å². The van der Waals surface area contributed by atoms with E-state index in [1.807, 2.05) is 0 Å². The number of esters is 1. The van der Waals surface area contributed by atoms with Gasteiger partial charge in [0.15, 0.2) is 0 Å². The molecule has 0 aliphatic carbocycles. The van der Waals surface area contributed by atoms with E-state index in [0.717, 1.165) is 19.6 Å². The molecule has 1 saturated heterocycles. The Labute approximate surface area is 106 Å². The second kappa shape index (κ2) is 8.02. The van der Waals surface area contributed by atoms with Crippen LogP contribution in [0.25, 0.3) is 0 Å². The van der Waals surface area contributed by atoms with E-state index in [2.05, 4.69) is 15.0 Å². The third kappa shape index (κ3) is 5.44. The Morgan fingerprint density at radius 3 is 2.67 bits per heavy atom. The molecule has 18 heavy (non-hydrogen) atoms. The van der Waals surface area contributed by atoms with Crippen LogP contribution in [0.5, 0.6) is 0 Å². The first-order valence-electron chi connectivity index (χ1n) is 5.96. The van der Waals surface area contributed by atoms with Gasteiger partial charge in [-0.1, -0.05) is 0 Å². The van der Waals surface area contributed by atoms with Crippen LogP contribution in [0.4, 0.5) is 0 Å². The fourth-order valence-electron chi connectivity index (χ4n) is 1.72. The smallest absolute Gasteiger partial charge is 0.321 e. The van der Waals surface area contributed by atoms with Crippen LogP contribution >= 0.6 is 0 Å². The molecule has 1 rings (SSSR count). The van der Waals surface area contributed by atoms with Crippen LogP contribution in [-0.2, 0) is 19.1 Å². The predicted octanol–water partition coefficient (Wildman–Crippen LogP) is -1.08. The van der Waals surface area contributed by atoms with Crippen molar-refractivity contribution in [2.24, 2.45) is 0 Å². The number of hydrogen-bond acceptors (Lipinski definition) is 6. The van der Waals surface area contributed by atoms with Crippen molar-refractivity contribution in [3.8, 4) is 0 Å². The van der Waals surface area contributed by atoms with Crippen molar-refractivity contribution in [2.75, 3.05) is 46.5 Å². The van der Waals surface area contributed by atoms with Crippen LogP contribution in [0.2, 0.25) is 0 Å². The number of methoxy groups -OCH3 is 1. The number of aliphatic carboxylic acids is 1. The highest BCUT2D eigenvalue weighted by Crippen LogP contribution is 1.97. The van der Waals surface area contributed by atoms with Gasteiger partial charge in [0, 0.05) is 26.2 Å². The van der Waals surface area contributed by atoms with E-state index in [-0.39, 0.29) is 6.42 Å². The summed E-state index contributed by atoms with van der Waals surface area (Å²) >= 11 is 0. The molecule has 0 aromatic heterocycles. The molecule has 7 heteroatoms. The Morgan fingerprint density at radius 2 is 2.11 bits per heavy atom. The van der Waals surface area contributed by atoms with Crippen molar-refractivity contribution >= 4 is 11.9 Å². The van der Waals surface area contributed by atoms with Gasteiger partial charge in [-0.05, 0) is 0 Å². The molecule has 7 nitrogen and oxygen atoms in total. The number of carboxylic acid groups (broad SMARTS) is 1. The Morgan fingerprint density at radius 1 is 1.44 bits per heavy atom. The lowest BCUT2D eigenvalue weighted by molar-refractivity contribution is -0.147. The number of nitrogens with zero attached hydrogens (tertiary/aromatic N) is 1. The number of hydrogen-bond donors (Lipinski definition) is 2. The lowest BCUT2D eigenvalue weighted by Gasteiger charge is -2.27. The molecular formula is C11H20N2O5. The third-order valence-corrected chi connectivity index (χ3v) is 2.82. The van der Waals surface area contributed by atoms with E-state index >= 15 is 0 Å². The van der Waals surface area contributed by atoms with Gasteiger partial charge in [0.25, 0.3) is 0 Å². The van der Waals surface area contributed by atoms with Crippen LogP contribution in [0.15, 0.2) is 0 Å². The first-order chi connectivity index (χ1) is 8.63. The van der Waals surface area contributed by atoms with Crippen LogP contribution in [-0.4, -0.2) is 74.5 Å². The molecule has 1 aliphatic heterocycles. The summed E-state index contributed by atoms with van der Waals surface area (Å²) in [6, 6.07) is -0.890. The van der Waals surface area contributed by atoms with Crippen LogP contribution in [0.1, 0.15) is 6.42 Å². The maximum atomic E-state index is 11.0. The van der Waals surface area contributed by atoms with Gasteiger partial charge in [0.2, 0.25) is 0 Å². The van der Waals surface area contributed by atoms with Gasteiger partial charge in [-0.3, -0.25) is 14.5 Å². The van der Waals surface area contributed by atoms with Crippen molar-refractivity contribution in [3.05, 3.63) is 0 Å². The zero-order valence-corrected chi connectivity index (χ0v) is 10.6. The summed E-state index contributed by atoms with van der Waals surface area (Å²) in [5, 5.41) is 11.8. The van der Waals surface area contributed by atoms with Crippen molar-refractivity contribution < 1.29 is 24.2 Å². The van der Waals surface area contributed by atoms with Crippen molar-refractivity contribution in [2.45, 2.75) is 12.5 Å². The number of carbonyl (C=O) groups excluding carboxylic acids is 1. The van der Waals surface area contributed by atoms with E-state index in [9.17, 15) is 9.59 Å². The zero-order valence-electron chi connectivity index (χ0n) is 10.6. The summed E-state index contributed by atoms with van der Waals surface area (Å²) < 4.78 is 9.67. The molecule has 1 atom stereocenters. The molecule has 0 radical (unpaired) electrons. The van der Waals surface area contributed by atoms with Gasteiger partial charge in [0.1, 0.15) is 6.04 Å². The van der Waals surface area contributed by atoms with Gasteiger partial charge in [-0.15, -0.1) is 0 Å². The Balaban J connectivity index is 2.24. The molecule has 2 N–H and O–H groups in total. The average Bonchev–Trinajstić information content (AvgIpc) is 2.38. The van der Waals surface area contributed by atoms with E-state index in [1.54, 1.807) is 0 Å². The molecule has 1 heterocycles. The molecule has 0 unspecified atom stereocenters. The van der Waals surface area contributed by atoms with Gasteiger partial charge in [-0.25, -0.2) is 0 Å². The number of carboxylic acids is 1. The summed E-state index contributed by atoms with van der Waals surface area (Å²) in [5.41, 5.74) is 0. The number of rotatable bonds is 7. The minimum atomic E-state index is -1.04. The maximum absolute atomic E-state index is 11.0. The van der Waals surface area contributed by atoms with Gasteiger partial charge >= 0.3 is 11.9 Å². The Hall–Kier alpha value is -1.18. The summed E-state index contributed by atoms with van der Waals surface area (Å²) in [6.45, 7) is 4.41. The highest BCUT2D eigenvalue weighted by Gasteiger charge is 2.21. The lowest BCUT2D eigenvalue weighted by Crippen LogP contribution is -2.45. The molecule has 1 aliphatic rings. The second-order valence-corrected chi connectivity index (χ2v) is 4.08. The normalized spacial score (nSPS) is 18.3. The molecular weight excluding hydrogens is 240 g/mol. The second-order valence-electron chi connectivity index (χ2n) is 4.08. The highest BCUT2D eigenvalue weighted by atomic mass is 16.5. The highest BCUT2D eigenvalue weighted by molar-refractivity contribution is 5.81. The lowest BCUT2D eigenvalue weighted by atomic mass is 10.2. The largest absolute Gasteiger partial charge is 0.480 e. The van der Waals surface area contributed by atoms with Crippen LogP contribution in [0.3, 0.4) is 0 Å². The quantitative estimate of drug-likeness (QED) is 0.563. The molecule has 0 aromatic carbocycles. The third-order valence-electron chi connectivity index (χ3n) is 2.82. The predicted molar refractivity (Wildman–Crippen MR) is 63.3 cm³/mol. The molecule has 0 amide bonds. The van der Waals surface area contributed by atoms with E-state index in [4.69, 9.17) is 9.84 Å². The summed E-state index contributed by atoms with van der Waals surface area (Å²) in [6.07, 6.45) is -0.158. The summed E-state index contributed by atoms with van der Waals surface area (Å²) in [4.78, 5) is 24.2. The molecule has 1 fully saturated rings. The summed E-state index contributed by atoms with van der Waals surface area (Å²) in [7, 11) is 1.25. The number of ether oxygens (including phenoxy) is 2. The SMILES string of the molecule is COC(=O)C[C@H](NCCN1CCOCC1)C(=O)O. The molecule has 0 aromatic rings. The molecule has 0 saturated carbocycles.